The third kappa shape index (κ3) is 7.67. The molecule has 0 aliphatic heterocycles. The maximum Gasteiger partial charge on any atom is 0.232 e. The maximum absolute atomic E-state index is 12.3. The van der Waals surface area contributed by atoms with E-state index in [2.05, 4.69) is 5.32 Å². The number of ether oxygens (including phenoxy) is 1. The van der Waals surface area contributed by atoms with E-state index in [9.17, 15) is 13.2 Å². The zero-order valence-corrected chi connectivity index (χ0v) is 20.3. The van der Waals surface area contributed by atoms with Crippen molar-refractivity contribution < 1.29 is 17.9 Å². The predicted octanol–water partition coefficient (Wildman–Crippen LogP) is 5.76. The lowest BCUT2D eigenvalue weighted by Gasteiger charge is -2.23. The van der Waals surface area contributed by atoms with Crippen LogP contribution in [0, 0.1) is 0 Å². The Kier molecular flexibility index (Phi) is 8.61. The second-order valence-electron chi connectivity index (χ2n) is 7.38. The number of anilines is 2. The summed E-state index contributed by atoms with van der Waals surface area (Å²) in [5.74, 6) is 0.470. The fourth-order valence-corrected chi connectivity index (χ4v) is 4.53. The Bertz CT molecular complexity index is 1190. The first-order valence-corrected chi connectivity index (χ1v) is 12.8. The van der Waals surface area contributed by atoms with Gasteiger partial charge in [-0.25, -0.2) is 8.42 Å². The van der Waals surface area contributed by atoms with Gasteiger partial charge in [-0.2, -0.15) is 0 Å². The van der Waals surface area contributed by atoms with Gasteiger partial charge in [-0.1, -0.05) is 53.5 Å². The number of carbonyl (C=O) groups is 1. The zero-order chi connectivity index (χ0) is 23.8. The Morgan fingerprint density at radius 3 is 2.36 bits per heavy atom. The monoisotopic (exact) mass is 506 g/mol. The molecule has 3 aromatic carbocycles. The van der Waals surface area contributed by atoms with E-state index >= 15 is 0 Å². The highest BCUT2D eigenvalue weighted by Crippen LogP contribution is 2.31. The summed E-state index contributed by atoms with van der Waals surface area (Å²) in [4.78, 5) is 12.3. The number of hydrogen-bond donors (Lipinski definition) is 1. The smallest absolute Gasteiger partial charge is 0.232 e. The molecular weight excluding hydrogens is 483 g/mol. The molecule has 174 valence electrons. The van der Waals surface area contributed by atoms with Gasteiger partial charge >= 0.3 is 0 Å². The predicted molar refractivity (Wildman–Crippen MR) is 134 cm³/mol. The van der Waals surface area contributed by atoms with E-state index in [1.54, 1.807) is 30.3 Å². The average molecular weight is 507 g/mol. The van der Waals surface area contributed by atoms with Crippen LogP contribution in [0.5, 0.6) is 5.75 Å². The first-order chi connectivity index (χ1) is 15.7. The highest BCUT2D eigenvalue weighted by atomic mass is 35.5. The number of carbonyl (C=O) groups excluding carboxylic acids is 1. The van der Waals surface area contributed by atoms with Crippen LogP contribution >= 0.6 is 23.2 Å². The van der Waals surface area contributed by atoms with Crippen LogP contribution in [-0.4, -0.2) is 27.1 Å². The van der Waals surface area contributed by atoms with Gasteiger partial charge in [-0.05, 0) is 54.4 Å². The van der Waals surface area contributed by atoms with Crippen LogP contribution in [-0.2, 0) is 21.4 Å². The number of halogens is 2. The van der Waals surface area contributed by atoms with Gasteiger partial charge in [0.1, 0.15) is 12.4 Å². The third-order valence-corrected chi connectivity index (χ3v) is 6.46. The van der Waals surface area contributed by atoms with Crippen molar-refractivity contribution in [2.75, 3.05) is 22.4 Å². The van der Waals surface area contributed by atoms with E-state index in [0.717, 1.165) is 16.1 Å². The highest BCUT2D eigenvalue weighted by molar-refractivity contribution is 7.92. The Hall–Kier alpha value is -2.74. The van der Waals surface area contributed by atoms with Crippen LogP contribution in [0.2, 0.25) is 10.0 Å². The summed E-state index contributed by atoms with van der Waals surface area (Å²) in [5, 5.41) is 3.45. The summed E-state index contributed by atoms with van der Waals surface area (Å²) in [6.45, 7) is 0.554. The largest absolute Gasteiger partial charge is 0.489 e. The molecule has 0 saturated carbocycles. The van der Waals surface area contributed by atoms with E-state index < -0.39 is 10.0 Å². The van der Waals surface area contributed by atoms with Gasteiger partial charge < -0.3 is 10.1 Å². The fourth-order valence-electron chi connectivity index (χ4n) is 3.12. The lowest BCUT2D eigenvalue weighted by molar-refractivity contribution is -0.116. The van der Waals surface area contributed by atoms with Crippen LogP contribution < -0.4 is 14.4 Å². The summed E-state index contributed by atoms with van der Waals surface area (Å²) in [5.41, 5.74) is 1.99. The number of hydrogen-bond acceptors (Lipinski definition) is 4. The summed E-state index contributed by atoms with van der Waals surface area (Å²) in [6, 6.07) is 21.5. The molecule has 0 atom stereocenters. The van der Waals surface area contributed by atoms with Crippen molar-refractivity contribution >= 4 is 50.5 Å². The Morgan fingerprint density at radius 1 is 1.00 bits per heavy atom. The molecule has 0 fully saturated rings. The van der Waals surface area contributed by atoms with E-state index in [1.807, 2.05) is 30.3 Å². The van der Waals surface area contributed by atoms with Crippen LogP contribution in [0.3, 0.4) is 0 Å². The summed E-state index contributed by atoms with van der Waals surface area (Å²) in [7, 11) is -3.60. The lowest BCUT2D eigenvalue weighted by atomic mass is 10.2. The van der Waals surface area contributed by atoms with Crippen LogP contribution in [0.1, 0.15) is 18.4 Å². The molecule has 0 bridgehead atoms. The second-order valence-corrected chi connectivity index (χ2v) is 10.1. The molecule has 0 heterocycles. The molecule has 0 saturated heterocycles. The van der Waals surface area contributed by atoms with Crippen molar-refractivity contribution in [1.29, 1.82) is 0 Å². The molecule has 0 unspecified atom stereocenters. The van der Waals surface area contributed by atoms with Crippen LogP contribution in [0.15, 0.2) is 72.8 Å². The second kappa shape index (κ2) is 11.4. The van der Waals surface area contributed by atoms with Crippen molar-refractivity contribution in [3.63, 3.8) is 0 Å². The first kappa shape index (κ1) is 24.9. The number of sulfonamides is 1. The van der Waals surface area contributed by atoms with Crippen LogP contribution in [0.25, 0.3) is 0 Å². The van der Waals surface area contributed by atoms with Gasteiger partial charge in [0, 0.05) is 23.7 Å². The first-order valence-electron chi connectivity index (χ1n) is 10.2. The highest BCUT2D eigenvalue weighted by Gasteiger charge is 2.20. The van der Waals surface area contributed by atoms with Gasteiger partial charge in [0.2, 0.25) is 15.9 Å². The van der Waals surface area contributed by atoms with Crippen molar-refractivity contribution in [3.05, 3.63) is 88.4 Å². The molecule has 0 aliphatic carbocycles. The number of nitrogens with one attached hydrogen (secondary N) is 1. The van der Waals surface area contributed by atoms with Crippen molar-refractivity contribution in [2.45, 2.75) is 19.4 Å². The third-order valence-electron chi connectivity index (χ3n) is 4.73. The molecular formula is C24H24Cl2N2O4S. The van der Waals surface area contributed by atoms with Crippen LogP contribution in [0.4, 0.5) is 11.4 Å². The quantitative estimate of drug-likeness (QED) is 0.379. The summed E-state index contributed by atoms with van der Waals surface area (Å²) < 4.78 is 31.4. The van der Waals surface area contributed by atoms with Crippen molar-refractivity contribution in [3.8, 4) is 5.75 Å². The molecule has 3 aromatic rings. The molecule has 6 nitrogen and oxygen atoms in total. The minimum Gasteiger partial charge on any atom is -0.489 e. The molecule has 33 heavy (non-hydrogen) atoms. The van der Waals surface area contributed by atoms with Gasteiger partial charge in [0.25, 0.3) is 0 Å². The van der Waals surface area contributed by atoms with E-state index in [4.69, 9.17) is 27.9 Å². The number of amides is 1. The van der Waals surface area contributed by atoms with Gasteiger partial charge in [-0.3, -0.25) is 9.10 Å². The number of nitrogens with zero attached hydrogens (tertiary/aromatic N) is 1. The lowest BCUT2D eigenvalue weighted by Crippen LogP contribution is -2.31. The van der Waals surface area contributed by atoms with E-state index in [-0.39, 0.29) is 29.6 Å². The normalized spacial score (nSPS) is 11.1. The maximum atomic E-state index is 12.3. The molecule has 0 aliphatic rings. The summed E-state index contributed by atoms with van der Waals surface area (Å²) in [6.07, 6.45) is 1.53. The van der Waals surface area contributed by atoms with Crippen molar-refractivity contribution in [1.82, 2.24) is 0 Å². The topological polar surface area (TPSA) is 75.7 Å². The standard InChI is InChI=1S/C24H24Cl2N2O4S/c1-33(30,31)28(23-16-19(25)9-14-22(23)26)15-5-8-24(29)27-20-10-12-21(13-11-20)32-17-18-6-3-2-4-7-18/h2-4,6-7,9-14,16H,5,8,15,17H2,1H3,(H,27,29). The molecule has 0 radical (unpaired) electrons. The van der Waals surface area contributed by atoms with Gasteiger partial charge in [0.15, 0.2) is 0 Å². The van der Waals surface area contributed by atoms with Gasteiger partial charge in [-0.15, -0.1) is 0 Å². The number of rotatable bonds is 10. The zero-order valence-electron chi connectivity index (χ0n) is 18.0. The Labute approximate surface area is 204 Å². The van der Waals surface area contributed by atoms with Crippen molar-refractivity contribution in [2.24, 2.45) is 0 Å². The molecule has 1 N–H and O–H groups in total. The van der Waals surface area contributed by atoms with E-state index in [0.29, 0.717) is 29.5 Å². The summed E-state index contributed by atoms with van der Waals surface area (Å²) >= 11 is 12.2. The minimum absolute atomic E-state index is 0.0958. The SMILES string of the molecule is CS(=O)(=O)N(CCCC(=O)Nc1ccc(OCc2ccccc2)cc1)c1cc(Cl)ccc1Cl. The molecule has 3 rings (SSSR count). The Morgan fingerprint density at radius 2 is 1.70 bits per heavy atom. The molecule has 1 amide bonds. The molecule has 0 aromatic heterocycles. The fraction of sp³-hybridized carbons (Fsp3) is 0.208. The van der Waals surface area contributed by atoms with E-state index in [1.165, 1.54) is 12.1 Å². The average Bonchev–Trinajstić information content (AvgIpc) is 2.78. The Balaban J connectivity index is 1.51. The molecule has 9 heteroatoms. The number of benzene rings is 3. The molecule has 0 spiro atoms. The van der Waals surface area contributed by atoms with Gasteiger partial charge in [0.05, 0.1) is 17.0 Å². The minimum atomic E-state index is -3.60.